The van der Waals surface area contributed by atoms with Crippen molar-refractivity contribution in [3.8, 4) is 0 Å². The lowest BCUT2D eigenvalue weighted by atomic mass is 9.83. The maximum atomic E-state index is 12.4. The van der Waals surface area contributed by atoms with Gasteiger partial charge >= 0.3 is 5.51 Å². The number of rotatable bonds is 1. The highest BCUT2D eigenvalue weighted by molar-refractivity contribution is 7.97. The first-order valence-corrected chi connectivity index (χ1v) is 5.88. The summed E-state index contributed by atoms with van der Waals surface area (Å²) in [5.74, 6) is 0. The van der Waals surface area contributed by atoms with E-state index in [2.05, 4.69) is 0 Å². The zero-order chi connectivity index (χ0) is 11.9. The first-order valence-electron chi connectivity index (χ1n) is 5.11. The third-order valence-corrected chi connectivity index (χ3v) is 4.25. The van der Waals surface area contributed by atoms with Crippen molar-refractivity contribution >= 4 is 11.9 Å². The Bertz CT molecular complexity index is 219. The standard InChI is InChI=1S/C10H18F3NS/c1-8(2)6-5-7-9(3,4)14(8)15-10(11,12)13/h5-7H2,1-4H3. The van der Waals surface area contributed by atoms with Gasteiger partial charge in [-0.3, -0.25) is 0 Å². The third-order valence-electron chi connectivity index (χ3n) is 2.87. The molecule has 0 N–H and O–H groups in total. The van der Waals surface area contributed by atoms with Crippen LogP contribution in [0.1, 0.15) is 47.0 Å². The highest BCUT2D eigenvalue weighted by Gasteiger charge is 2.47. The van der Waals surface area contributed by atoms with Gasteiger partial charge in [0.2, 0.25) is 0 Å². The van der Waals surface area contributed by atoms with Crippen LogP contribution in [0, 0.1) is 0 Å². The van der Waals surface area contributed by atoms with Crippen molar-refractivity contribution in [2.45, 2.75) is 63.5 Å². The summed E-state index contributed by atoms with van der Waals surface area (Å²) in [6.07, 6.45) is 2.63. The highest BCUT2D eigenvalue weighted by Crippen LogP contribution is 2.48. The minimum atomic E-state index is -4.19. The second-order valence-electron chi connectivity index (χ2n) is 5.31. The van der Waals surface area contributed by atoms with Crippen LogP contribution in [0.3, 0.4) is 0 Å². The van der Waals surface area contributed by atoms with Gasteiger partial charge in [-0.25, -0.2) is 4.31 Å². The molecule has 0 saturated carbocycles. The van der Waals surface area contributed by atoms with Crippen LogP contribution in [0.2, 0.25) is 0 Å². The molecule has 1 aliphatic heterocycles. The van der Waals surface area contributed by atoms with Crippen LogP contribution in [0.5, 0.6) is 0 Å². The van der Waals surface area contributed by atoms with Crippen molar-refractivity contribution < 1.29 is 13.2 Å². The Morgan fingerprint density at radius 2 is 1.40 bits per heavy atom. The monoisotopic (exact) mass is 241 g/mol. The summed E-state index contributed by atoms with van der Waals surface area (Å²) >= 11 is 0.0249. The summed E-state index contributed by atoms with van der Waals surface area (Å²) in [5.41, 5.74) is -4.96. The van der Waals surface area contributed by atoms with Crippen molar-refractivity contribution in [3.63, 3.8) is 0 Å². The van der Waals surface area contributed by atoms with E-state index >= 15 is 0 Å². The number of hydrogen-bond acceptors (Lipinski definition) is 2. The second kappa shape index (κ2) is 3.84. The molecular formula is C10H18F3NS. The lowest BCUT2D eigenvalue weighted by molar-refractivity contribution is -0.0454. The van der Waals surface area contributed by atoms with Gasteiger partial charge in [0.05, 0.1) is 0 Å². The van der Waals surface area contributed by atoms with E-state index in [9.17, 15) is 13.2 Å². The van der Waals surface area contributed by atoms with Crippen LogP contribution in [0.25, 0.3) is 0 Å². The smallest absolute Gasteiger partial charge is 0.232 e. The first kappa shape index (κ1) is 13.2. The number of piperidine rings is 1. The molecule has 0 aromatic heterocycles. The number of nitrogens with zero attached hydrogens (tertiary/aromatic N) is 1. The topological polar surface area (TPSA) is 3.24 Å². The van der Waals surface area contributed by atoms with Gasteiger partial charge in [0.15, 0.2) is 0 Å². The molecule has 0 aromatic rings. The number of hydrogen-bond donors (Lipinski definition) is 0. The average molecular weight is 241 g/mol. The summed E-state index contributed by atoms with van der Waals surface area (Å²) in [7, 11) is 0. The summed E-state index contributed by atoms with van der Waals surface area (Å²) in [6.45, 7) is 7.53. The van der Waals surface area contributed by atoms with Crippen LogP contribution in [0.4, 0.5) is 13.2 Å². The van der Waals surface area contributed by atoms with E-state index in [-0.39, 0.29) is 23.0 Å². The molecule has 1 rings (SSSR count). The molecule has 90 valence electrons. The molecule has 15 heavy (non-hydrogen) atoms. The SMILES string of the molecule is CC1(C)CCCC(C)(C)N1SC(F)(F)F. The molecule has 0 amide bonds. The summed E-state index contributed by atoms with van der Waals surface area (Å²) in [6, 6.07) is 0. The zero-order valence-corrected chi connectivity index (χ0v) is 10.4. The van der Waals surface area contributed by atoms with Gasteiger partial charge in [-0.15, -0.1) is 0 Å². The van der Waals surface area contributed by atoms with Gasteiger partial charge in [0.25, 0.3) is 0 Å². The van der Waals surface area contributed by atoms with E-state index in [4.69, 9.17) is 0 Å². The molecule has 0 aromatic carbocycles. The normalized spacial score (nSPS) is 26.6. The maximum absolute atomic E-state index is 12.4. The van der Waals surface area contributed by atoms with Crippen molar-refractivity contribution in [3.05, 3.63) is 0 Å². The Morgan fingerprint density at radius 1 is 1.00 bits per heavy atom. The minimum absolute atomic E-state index is 0.0249. The van der Waals surface area contributed by atoms with Crippen LogP contribution < -0.4 is 0 Å². The van der Waals surface area contributed by atoms with Gasteiger partial charge in [-0.2, -0.15) is 13.2 Å². The lowest BCUT2D eigenvalue weighted by Crippen LogP contribution is -2.55. The molecular weight excluding hydrogens is 223 g/mol. The highest BCUT2D eigenvalue weighted by atomic mass is 32.2. The maximum Gasteiger partial charge on any atom is 0.456 e. The van der Waals surface area contributed by atoms with Gasteiger partial charge in [0, 0.05) is 23.0 Å². The molecule has 0 unspecified atom stereocenters. The Hall–Kier alpha value is 0.100. The molecule has 1 saturated heterocycles. The predicted octanol–water partition coefficient (Wildman–Crippen LogP) is 4.20. The van der Waals surface area contributed by atoms with Gasteiger partial charge in [-0.05, 0) is 47.0 Å². The average Bonchev–Trinajstić information content (AvgIpc) is 1.95. The quantitative estimate of drug-likeness (QED) is 0.633. The van der Waals surface area contributed by atoms with Crippen LogP contribution >= 0.6 is 11.9 Å². The number of halogens is 3. The summed E-state index contributed by atoms with van der Waals surface area (Å²) in [5, 5.41) is 0. The third kappa shape index (κ3) is 3.28. The molecule has 1 nitrogen and oxygen atoms in total. The molecule has 0 spiro atoms. The zero-order valence-electron chi connectivity index (χ0n) is 9.61. The van der Waals surface area contributed by atoms with Crippen LogP contribution in [0.15, 0.2) is 0 Å². The van der Waals surface area contributed by atoms with E-state index in [0.29, 0.717) is 0 Å². The number of alkyl halides is 3. The lowest BCUT2D eigenvalue weighted by Gasteiger charge is -2.51. The fraction of sp³-hybridized carbons (Fsp3) is 1.00. The van der Waals surface area contributed by atoms with E-state index < -0.39 is 5.51 Å². The Kier molecular flexibility index (Phi) is 3.37. The molecule has 1 heterocycles. The van der Waals surface area contributed by atoms with Crippen molar-refractivity contribution in [1.82, 2.24) is 4.31 Å². The van der Waals surface area contributed by atoms with Gasteiger partial charge in [0.1, 0.15) is 0 Å². The molecule has 0 aliphatic carbocycles. The predicted molar refractivity (Wildman–Crippen MR) is 57.5 cm³/mol. The Labute approximate surface area is 93.5 Å². The largest absolute Gasteiger partial charge is 0.456 e. The second-order valence-corrected chi connectivity index (χ2v) is 6.32. The fourth-order valence-electron chi connectivity index (χ4n) is 2.33. The van der Waals surface area contributed by atoms with Crippen molar-refractivity contribution in [2.24, 2.45) is 0 Å². The minimum Gasteiger partial charge on any atom is -0.232 e. The molecule has 5 heteroatoms. The van der Waals surface area contributed by atoms with Crippen LogP contribution in [-0.4, -0.2) is 20.9 Å². The van der Waals surface area contributed by atoms with Crippen molar-refractivity contribution in [2.75, 3.05) is 0 Å². The summed E-state index contributed by atoms with van der Waals surface area (Å²) in [4.78, 5) is 0. The van der Waals surface area contributed by atoms with Crippen LogP contribution in [-0.2, 0) is 0 Å². The molecule has 1 fully saturated rings. The molecule has 0 bridgehead atoms. The van der Waals surface area contributed by atoms with Crippen molar-refractivity contribution in [1.29, 1.82) is 0 Å². The van der Waals surface area contributed by atoms with E-state index in [0.717, 1.165) is 19.3 Å². The molecule has 0 radical (unpaired) electrons. The van der Waals surface area contributed by atoms with Gasteiger partial charge < -0.3 is 0 Å². The van der Waals surface area contributed by atoms with E-state index in [1.165, 1.54) is 4.31 Å². The van der Waals surface area contributed by atoms with E-state index in [1.807, 2.05) is 27.7 Å². The fourth-order valence-corrected chi connectivity index (χ4v) is 3.21. The van der Waals surface area contributed by atoms with Gasteiger partial charge in [-0.1, -0.05) is 0 Å². The van der Waals surface area contributed by atoms with E-state index in [1.54, 1.807) is 0 Å². The Morgan fingerprint density at radius 3 is 1.73 bits per heavy atom. The first-order chi connectivity index (χ1) is 6.55. The summed E-state index contributed by atoms with van der Waals surface area (Å²) < 4.78 is 38.9. The molecule has 0 atom stereocenters. The Balaban J connectivity index is 2.87. The molecule has 1 aliphatic rings.